The lowest BCUT2D eigenvalue weighted by Gasteiger charge is -2.38. The normalized spacial score (nSPS) is 19.0. The molecule has 2 heteroatoms. The van der Waals surface area contributed by atoms with E-state index in [1.165, 1.54) is 43.9 Å². The van der Waals surface area contributed by atoms with Crippen LogP contribution in [0.1, 0.15) is 24.1 Å². The van der Waals surface area contributed by atoms with E-state index in [0.29, 0.717) is 5.92 Å². The van der Waals surface area contributed by atoms with Gasteiger partial charge in [0.25, 0.3) is 0 Å². The monoisotopic (exact) mass is 485 g/mol. The van der Waals surface area contributed by atoms with Crippen LogP contribution in [0.5, 0.6) is 0 Å². The van der Waals surface area contributed by atoms with Crippen LogP contribution in [0.2, 0.25) is 0 Å². The molecule has 36 heavy (non-hydrogen) atoms. The molecule has 0 radical (unpaired) electrons. The van der Waals surface area contributed by atoms with E-state index >= 15 is 0 Å². The molecule has 4 aromatic rings. The average molecular weight is 486 g/mol. The van der Waals surface area contributed by atoms with Gasteiger partial charge in [0.05, 0.1) is 0 Å². The minimum Gasteiger partial charge on any atom is -0.337 e. The van der Waals surface area contributed by atoms with Crippen molar-refractivity contribution in [3.63, 3.8) is 0 Å². The predicted molar refractivity (Wildman–Crippen MR) is 155 cm³/mol. The summed E-state index contributed by atoms with van der Waals surface area (Å²) in [5, 5.41) is 1.41. The minimum atomic E-state index is -1.33. The first-order valence-corrected chi connectivity index (χ1v) is 15.0. The highest BCUT2D eigenvalue weighted by Gasteiger charge is 2.33. The average Bonchev–Trinajstić information content (AvgIpc) is 3.60. The Labute approximate surface area is 215 Å². The van der Waals surface area contributed by atoms with E-state index in [-0.39, 0.29) is 0 Å². The van der Waals surface area contributed by atoms with E-state index in [4.69, 9.17) is 0 Å². The van der Waals surface area contributed by atoms with Crippen LogP contribution in [0.3, 0.4) is 0 Å². The Hall–Kier alpha value is -3.49. The Kier molecular flexibility index (Phi) is 5.18. The Balaban J connectivity index is 1.32. The van der Waals surface area contributed by atoms with Gasteiger partial charge in [-0.1, -0.05) is 84.5 Å². The highest BCUT2D eigenvalue weighted by atomic mass is 32.3. The molecule has 3 aliphatic carbocycles. The van der Waals surface area contributed by atoms with Crippen LogP contribution in [-0.2, 0) is 13.0 Å². The fourth-order valence-electron chi connectivity index (χ4n) is 6.10. The number of benzene rings is 3. The summed E-state index contributed by atoms with van der Waals surface area (Å²) in [6.07, 6.45) is 17.8. The molecule has 1 aromatic heterocycles. The maximum atomic E-state index is 2.59. The van der Waals surface area contributed by atoms with Crippen molar-refractivity contribution in [1.29, 1.82) is 0 Å². The molecule has 7 rings (SSSR count). The van der Waals surface area contributed by atoms with E-state index in [1.54, 1.807) is 10.5 Å². The van der Waals surface area contributed by atoms with Crippen molar-refractivity contribution >= 4 is 27.0 Å². The van der Waals surface area contributed by atoms with E-state index in [1.807, 2.05) is 0 Å². The van der Waals surface area contributed by atoms with Crippen LogP contribution in [0.15, 0.2) is 135 Å². The SMILES string of the molecule is CS(C1=Cc2c(c3ccccc3n2CC2=CC=C(C3C=CC3)C2)C1)(c1ccccc1)c1ccccc1. The zero-order valence-corrected chi connectivity index (χ0v) is 21.5. The zero-order valence-electron chi connectivity index (χ0n) is 20.7. The summed E-state index contributed by atoms with van der Waals surface area (Å²) >= 11 is 0. The fraction of sp³-hybridized carbons (Fsp3) is 0.176. The van der Waals surface area contributed by atoms with Crippen LogP contribution >= 0.6 is 10.0 Å². The van der Waals surface area contributed by atoms with Gasteiger partial charge in [-0.15, -0.1) is 0 Å². The second-order valence-corrected chi connectivity index (χ2v) is 13.6. The van der Waals surface area contributed by atoms with Gasteiger partial charge in [-0.05, 0) is 81.3 Å². The molecule has 0 N–H and O–H groups in total. The highest BCUT2D eigenvalue weighted by molar-refractivity contribution is 8.36. The first-order chi connectivity index (χ1) is 17.7. The number of allylic oxidation sites excluding steroid dienone is 7. The van der Waals surface area contributed by atoms with Gasteiger partial charge in [0.15, 0.2) is 0 Å². The van der Waals surface area contributed by atoms with Gasteiger partial charge in [0, 0.05) is 35.5 Å². The third-order valence-electron chi connectivity index (χ3n) is 8.28. The lowest BCUT2D eigenvalue weighted by Crippen LogP contribution is -2.07. The van der Waals surface area contributed by atoms with Crippen molar-refractivity contribution in [3.8, 4) is 0 Å². The molecule has 3 aromatic carbocycles. The molecule has 0 spiro atoms. The molecule has 3 aliphatic rings. The molecule has 178 valence electrons. The van der Waals surface area contributed by atoms with Crippen LogP contribution < -0.4 is 0 Å². The second kappa shape index (κ2) is 8.57. The Morgan fingerprint density at radius 1 is 0.806 bits per heavy atom. The summed E-state index contributed by atoms with van der Waals surface area (Å²) in [6.45, 7) is 0.971. The standard InChI is InChI=1S/C34H31NS/c1-36(28-13-4-2-5-14-28,29-15-6-3-7-16-29)30-22-32-31-17-8-9-18-33(31)35(34(32)23-30)24-25-19-20-27(21-25)26-11-10-12-26/h2-11,13-20,23,26H,12,21-22,24H2,1H3. The molecule has 0 aliphatic heterocycles. The van der Waals surface area contributed by atoms with Gasteiger partial charge in [-0.3, -0.25) is 0 Å². The minimum absolute atomic E-state index is 0.665. The van der Waals surface area contributed by atoms with E-state index < -0.39 is 10.0 Å². The molecule has 0 fully saturated rings. The molecule has 1 atom stereocenters. The number of nitrogens with zero attached hydrogens (tertiary/aromatic N) is 1. The van der Waals surface area contributed by atoms with E-state index in [9.17, 15) is 0 Å². The Bertz CT molecular complexity index is 1540. The van der Waals surface area contributed by atoms with E-state index in [0.717, 1.165) is 19.4 Å². The second-order valence-electron chi connectivity index (χ2n) is 10.3. The maximum Gasteiger partial charge on any atom is 0.0491 e. The topological polar surface area (TPSA) is 4.93 Å². The van der Waals surface area contributed by atoms with Crippen LogP contribution in [0.25, 0.3) is 17.0 Å². The van der Waals surface area contributed by atoms with E-state index in [2.05, 4.69) is 126 Å². The summed E-state index contributed by atoms with van der Waals surface area (Å²) in [4.78, 5) is 4.43. The van der Waals surface area contributed by atoms with Gasteiger partial charge in [0.1, 0.15) is 0 Å². The highest BCUT2D eigenvalue weighted by Crippen LogP contribution is 2.67. The van der Waals surface area contributed by atoms with Crippen molar-refractivity contribution in [1.82, 2.24) is 4.57 Å². The van der Waals surface area contributed by atoms with Crippen molar-refractivity contribution in [2.45, 2.75) is 35.6 Å². The number of para-hydroxylation sites is 1. The molecule has 0 saturated carbocycles. The first-order valence-electron chi connectivity index (χ1n) is 13.0. The van der Waals surface area contributed by atoms with Gasteiger partial charge in [0.2, 0.25) is 0 Å². The molecular weight excluding hydrogens is 454 g/mol. The molecule has 1 nitrogen and oxygen atoms in total. The number of hydrogen-bond donors (Lipinski definition) is 0. The predicted octanol–water partition coefficient (Wildman–Crippen LogP) is 8.92. The summed E-state index contributed by atoms with van der Waals surface area (Å²) < 4.78 is 2.59. The summed E-state index contributed by atoms with van der Waals surface area (Å²) in [5.41, 5.74) is 7.39. The molecule has 0 saturated heterocycles. The number of rotatable bonds is 6. The van der Waals surface area contributed by atoms with Crippen LogP contribution in [0.4, 0.5) is 0 Å². The zero-order chi connectivity index (χ0) is 24.1. The number of hydrogen-bond acceptors (Lipinski definition) is 0. The fourth-order valence-corrected chi connectivity index (χ4v) is 9.16. The van der Waals surface area contributed by atoms with Gasteiger partial charge in [-0.2, -0.15) is 10.0 Å². The van der Waals surface area contributed by atoms with Gasteiger partial charge in [-0.25, -0.2) is 0 Å². The number of aromatic nitrogens is 1. The summed E-state index contributed by atoms with van der Waals surface area (Å²) in [7, 11) is -1.33. The summed E-state index contributed by atoms with van der Waals surface area (Å²) in [5.74, 6) is 0.665. The Morgan fingerprint density at radius 2 is 1.47 bits per heavy atom. The lowest BCUT2D eigenvalue weighted by molar-refractivity contribution is 0.682. The van der Waals surface area contributed by atoms with Crippen LogP contribution in [-0.4, -0.2) is 10.8 Å². The van der Waals surface area contributed by atoms with Crippen molar-refractivity contribution in [3.05, 3.63) is 137 Å². The molecule has 1 unspecified atom stereocenters. The van der Waals surface area contributed by atoms with Crippen LogP contribution in [0, 0.1) is 5.92 Å². The molecule has 0 amide bonds. The summed E-state index contributed by atoms with van der Waals surface area (Å²) in [6, 6.07) is 31.3. The number of fused-ring (bicyclic) bond motifs is 3. The molecule has 1 heterocycles. The molecular formula is C34H31NS. The van der Waals surface area contributed by atoms with Gasteiger partial charge < -0.3 is 4.57 Å². The third-order valence-corrected chi connectivity index (χ3v) is 12.0. The first kappa shape index (κ1) is 21.8. The Morgan fingerprint density at radius 3 is 2.14 bits per heavy atom. The maximum absolute atomic E-state index is 2.59. The lowest BCUT2D eigenvalue weighted by atomic mass is 9.86. The van der Waals surface area contributed by atoms with Crippen molar-refractivity contribution in [2.24, 2.45) is 5.92 Å². The molecule has 0 bridgehead atoms. The van der Waals surface area contributed by atoms with Crippen molar-refractivity contribution < 1.29 is 0 Å². The smallest absolute Gasteiger partial charge is 0.0491 e. The van der Waals surface area contributed by atoms with Gasteiger partial charge >= 0.3 is 0 Å². The largest absolute Gasteiger partial charge is 0.337 e. The van der Waals surface area contributed by atoms with Crippen molar-refractivity contribution in [2.75, 3.05) is 6.26 Å². The quantitative estimate of drug-likeness (QED) is 0.240. The third kappa shape index (κ3) is 3.39.